The Bertz CT molecular complexity index is 1320. The molecule has 4 aromatic rings. The number of carbonyl (C=O) groups is 3. The summed E-state index contributed by atoms with van der Waals surface area (Å²) in [7, 11) is 1.23. The fourth-order valence-corrected chi connectivity index (χ4v) is 4.99. The van der Waals surface area contributed by atoms with Crippen molar-refractivity contribution < 1.29 is 23.9 Å². The van der Waals surface area contributed by atoms with Gasteiger partial charge in [-0.25, -0.2) is 19.1 Å². The molecule has 0 radical (unpaired) electrons. The van der Waals surface area contributed by atoms with E-state index in [0.717, 1.165) is 21.9 Å². The summed E-state index contributed by atoms with van der Waals surface area (Å²) in [5.74, 6) is -1.75. The van der Waals surface area contributed by atoms with Crippen molar-refractivity contribution in [2.24, 2.45) is 0 Å². The molecule has 4 heterocycles. The van der Waals surface area contributed by atoms with Crippen LogP contribution in [-0.4, -0.2) is 46.2 Å². The predicted octanol–water partition coefficient (Wildman–Crippen LogP) is 4.04. The monoisotopic (exact) mass is 470 g/mol. The number of nitrogens with one attached hydrogen (secondary N) is 1. The molecule has 9 nitrogen and oxygen atoms in total. The summed E-state index contributed by atoms with van der Waals surface area (Å²) >= 11 is 2.50. The summed E-state index contributed by atoms with van der Waals surface area (Å²) < 4.78 is 11.5. The van der Waals surface area contributed by atoms with Crippen molar-refractivity contribution in [1.82, 2.24) is 14.6 Å². The molecule has 0 bridgehead atoms. The first-order chi connectivity index (χ1) is 15.5. The first kappa shape index (κ1) is 21.7. The van der Waals surface area contributed by atoms with E-state index in [1.807, 2.05) is 23.6 Å². The highest BCUT2D eigenvalue weighted by Gasteiger charge is 2.28. The smallest absolute Gasteiger partial charge is 0.348 e. The van der Waals surface area contributed by atoms with Crippen molar-refractivity contribution in [3.63, 3.8) is 0 Å². The van der Waals surface area contributed by atoms with Gasteiger partial charge in [-0.2, -0.15) is 5.10 Å². The summed E-state index contributed by atoms with van der Waals surface area (Å²) in [4.78, 5) is 43.3. The molecule has 1 N–H and O–H groups in total. The van der Waals surface area contributed by atoms with E-state index in [4.69, 9.17) is 9.47 Å². The number of carbonyl (C=O) groups excluding carboxylic acids is 3. The molecule has 0 fully saturated rings. The minimum absolute atomic E-state index is 0.109. The summed E-state index contributed by atoms with van der Waals surface area (Å²) in [6.45, 7) is 3.48. The maximum atomic E-state index is 13.1. The van der Waals surface area contributed by atoms with Crippen LogP contribution >= 0.6 is 22.7 Å². The summed E-state index contributed by atoms with van der Waals surface area (Å²) in [5.41, 5.74) is 1.89. The molecule has 0 atom stereocenters. The lowest BCUT2D eigenvalue weighted by Gasteiger charge is -2.06. The van der Waals surface area contributed by atoms with Crippen LogP contribution < -0.4 is 5.32 Å². The number of hydrogen-bond donors (Lipinski definition) is 1. The van der Waals surface area contributed by atoms with Gasteiger partial charge < -0.3 is 14.8 Å². The molecule has 0 aromatic carbocycles. The van der Waals surface area contributed by atoms with Gasteiger partial charge in [-0.1, -0.05) is 6.07 Å². The Hall–Kier alpha value is -3.57. The van der Waals surface area contributed by atoms with Crippen molar-refractivity contribution in [2.75, 3.05) is 19.0 Å². The van der Waals surface area contributed by atoms with Gasteiger partial charge in [-0.15, -0.1) is 22.7 Å². The maximum absolute atomic E-state index is 13.1. The van der Waals surface area contributed by atoms with E-state index in [-0.39, 0.29) is 27.6 Å². The topological polar surface area (TPSA) is 112 Å². The Labute approximate surface area is 190 Å². The standard InChI is InChI=1S/C21H18N4O5S2/c1-4-30-21(28)16-11(2)15(20(27)29-3)19(32-16)24-18(26)12-10-23-25-13(7-8-22-17(12)25)14-6-5-9-31-14/h5-10H,4H2,1-3H3,(H,24,26). The highest BCUT2D eigenvalue weighted by molar-refractivity contribution is 7.18. The van der Waals surface area contributed by atoms with E-state index in [0.29, 0.717) is 11.2 Å². The Kier molecular flexibility index (Phi) is 6.01. The molecule has 0 unspecified atom stereocenters. The van der Waals surface area contributed by atoms with E-state index >= 15 is 0 Å². The van der Waals surface area contributed by atoms with Crippen molar-refractivity contribution in [1.29, 1.82) is 0 Å². The number of hydrogen-bond acceptors (Lipinski definition) is 9. The van der Waals surface area contributed by atoms with E-state index in [1.54, 1.807) is 35.9 Å². The summed E-state index contributed by atoms with van der Waals surface area (Å²) in [6.07, 6.45) is 3.02. The zero-order valence-electron chi connectivity index (χ0n) is 17.4. The third kappa shape index (κ3) is 3.76. The first-order valence-electron chi connectivity index (χ1n) is 9.53. The second-order valence-corrected chi connectivity index (χ2v) is 8.50. The van der Waals surface area contributed by atoms with Gasteiger partial charge in [0.15, 0.2) is 5.65 Å². The van der Waals surface area contributed by atoms with Crippen LogP contribution in [-0.2, 0) is 9.47 Å². The SMILES string of the molecule is CCOC(=O)c1sc(NC(=O)c2cnn3c(-c4cccs4)ccnc23)c(C(=O)OC)c1C. The van der Waals surface area contributed by atoms with Gasteiger partial charge in [0.2, 0.25) is 0 Å². The number of ether oxygens (including phenoxy) is 2. The molecule has 4 aromatic heterocycles. The highest BCUT2D eigenvalue weighted by Crippen LogP contribution is 2.35. The molecular weight excluding hydrogens is 452 g/mol. The molecule has 11 heteroatoms. The average Bonchev–Trinajstić information content (AvgIpc) is 3.52. The Morgan fingerprint density at radius 1 is 1.22 bits per heavy atom. The van der Waals surface area contributed by atoms with E-state index < -0.39 is 17.8 Å². The van der Waals surface area contributed by atoms with Gasteiger partial charge in [0.05, 0.1) is 36.0 Å². The van der Waals surface area contributed by atoms with Crippen LogP contribution in [0.1, 0.15) is 42.9 Å². The maximum Gasteiger partial charge on any atom is 0.348 e. The number of methoxy groups -OCH3 is 1. The Morgan fingerprint density at radius 2 is 2.03 bits per heavy atom. The molecular formula is C21H18N4O5S2. The van der Waals surface area contributed by atoms with Gasteiger partial charge in [0.1, 0.15) is 15.4 Å². The molecule has 0 aliphatic rings. The lowest BCUT2D eigenvalue weighted by molar-refractivity contribution is 0.0531. The van der Waals surface area contributed by atoms with E-state index in [9.17, 15) is 14.4 Å². The third-order valence-corrected chi connectivity index (χ3v) is 6.72. The van der Waals surface area contributed by atoms with Crippen LogP contribution in [0.15, 0.2) is 36.0 Å². The van der Waals surface area contributed by atoms with Crippen molar-refractivity contribution in [3.8, 4) is 10.6 Å². The minimum atomic E-state index is -0.664. The number of fused-ring (bicyclic) bond motifs is 1. The van der Waals surface area contributed by atoms with Gasteiger partial charge in [0.25, 0.3) is 5.91 Å². The molecule has 32 heavy (non-hydrogen) atoms. The van der Waals surface area contributed by atoms with Gasteiger partial charge in [-0.3, -0.25) is 4.79 Å². The molecule has 0 aliphatic heterocycles. The zero-order chi connectivity index (χ0) is 22.8. The molecule has 164 valence electrons. The normalized spacial score (nSPS) is 10.8. The van der Waals surface area contributed by atoms with E-state index in [1.165, 1.54) is 13.3 Å². The van der Waals surface area contributed by atoms with Crippen LogP contribution in [0, 0.1) is 6.92 Å². The largest absolute Gasteiger partial charge is 0.465 e. The van der Waals surface area contributed by atoms with Crippen molar-refractivity contribution in [2.45, 2.75) is 13.8 Å². The molecule has 4 rings (SSSR count). The number of aromatic nitrogens is 3. The first-order valence-corrected chi connectivity index (χ1v) is 11.2. The predicted molar refractivity (Wildman–Crippen MR) is 121 cm³/mol. The third-order valence-electron chi connectivity index (χ3n) is 4.64. The fraction of sp³-hybridized carbons (Fsp3) is 0.190. The van der Waals surface area contributed by atoms with Crippen molar-refractivity contribution in [3.05, 3.63) is 57.5 Å². The number of amides is 1. The van der Waals surface area contributed by atoms with Crippen molar-refractivity contribution >= 4 is 51.2 Å². The number of thiophene rings is 2. The minimum Gasteiger partial charge on any atom is -0.465 e. The lowest BCUT2D eigenvalue weighted by Crippen LogP contribution is -2.14. The lowest BCUT2D eigenvalue weighted by atomic mass is 10.1. The summed E-state index contributed by atoms with van der Waals surface area (Å²) in [5, 5.41) is 9.18. The molecule has 0 saturated heterocycles. The van der Waals surface area contributed by atoms with Crippen LogP contribution in [0.3, 0.4) is 0 Å². The highest BCUT2D eigenvalue weighted by atomic mass is 32.1. The van der Waals surface area contributed by atoms with Crippen LogP contribution in [0.2, 0.25) is 0 Å². The second kappa shape index (κ2) is 8.89. The average molecular weight is 471 g/mol. The van der Waals surface area contributed by atoms with Crippen LogP contribution in [0.4, 0.5) is 5.00 Å². The number of rotatable bonds is 6. The van der Waals surface area contributed by atoms with Crippen LogP contribution in [0.5, 0.6) is 0 Å². The summed E-state index contributed by atoms with van der Waals surface area (Å²) in [6, 6.07) is 5.70. The fourth-order valence-electron chi connectivity index (χ4n) is 3.17. The van der Waals surface area contributed by atoms with Gasteiger partial charge in [0, 0.05) is 6.20 Å². The molecule has 0 aliphatic carbocycles. The number of esters is 2. The molecule has 0 saturated carbocycles. The quantitative estimate of drug-likeness (QED) is 0.423. The number of nitrogens with zero attached hydrogens (tertiary/aromatic N) is 3. The Balaban J connectivity index is 1.72. The second-order valence-electron chi connectivity index (χ2n) is 6.53. The Morgan fingerprint density at radius 3 is 2.72 bits per heavy atom. The number of anilines is 1. The van der Waals surface area contributed by atoms with Gasteiger partial charge >= 0.3 is 11.9 Å². The van der Waals surface area contributed by atoms with Crippen LogP contribution in [0.25, 0.3) is 16.2 Å². The van der Waals surface area contributed by atoms with E-state index in [2.05, 4.69) is 15.4 Å². The van der Waals surface area contributed by atoms with Gasteiger partial charge in [-0.05, 0) is 36.9 Å². The molecule has 0 spiro atoms. The molecule has 1 amide bonds. The zero-order valence-corrected chi connectivity index (χ0v) is 19.0.